The first-order valence-electron chi connectivity index (χ1n) is 9.32. The van der Waals surface area contributed by atoms with Crippen LogP contribution in [0, 0.1) is 0 Å². The van der Waals surface area contributed by atoms with E-state index in [2.05, 4.69) is 32.3 Å². The van der Waals surface area contributed by atoms with Crippen molar-refractivity contribution in [3.05, 3.63) is 51.7 Å². The van der Waals surface area contributed by atoms with Gasteiger partial charge in [0.25, 0.3) is 0 Å². The van der Waals surface area contributed by atoms with Gasteiger partial charge >= 0.3 is 0 Å². The SMILES string of the molecule is C=CCn1c(SCC(=O)Nc2nnc(CC)s2)nnc1C(C)Oc1cc(Cl)ccc1Cl. The molecule has 12 heteroatoms. The second-order valence-electron chi connectivity index (χ2n) is 6.27. The van der Waals surface area contributed by atoms with E-state index in [4.69, 9.17) is 27.9 Å². The van der Waals surface area contributed by atoms with Gasteiger partial charge in [0.1, 0.15) is 10.8 Å². The van der Waals surface area contributed by atoms with Gasteiger partial charge in [0, 0.05) is 17.6 Å². The zero-order valence-corrected chi connectivity index (χ0v) is 20.0. The third-order valence-corrected chi connectivity index (χ3v) is 6.46. The number of amides is 1. The zero-order chi connectivity index (χ0) is 22.4. The summed E-state index contributed by atoms with van der Waals surface area (Å²) < 4.78 is 7.79. The van der Waals surface area contributed by atoms with Crippen molar-refractivity contribution in [2.24, 2.45) is 0 Å². The molecule has 164 valence electrons. The highest BCUT2D eigenvalue weighted by Crippen LogP contribution is 2.32. The Balaban J connectivity index is 1.68. The lowest BCUT2D eigenvalue weighted by molar-refractivity contribution is -0.113. The number of nitrogens with zero attached hydrogens (tertiary/aromatic N) is 5. The van der Waals surface area contributed by atoms with Crippen molar-refractivity contribution in [3.63, 3.8) is 0 Å². The first kappa shape index (κ1) is 23.5. The maximum absolute atomic E-state index is 12.3. The van der Waals surface area contributed by atoms with E-state index in [1.807, 2.05) is 18.4 Å². The smallest absolute Gasteiger partial charge is 0.236 e. The quantitative estimate of drug-likeness (QED) is 0.308. The summed E-state index contributed by atoms with van der Waals surface area (Å²) in [5.41, 5.74) is 0. The highest BCUT2D eigenvalue weighted by atomic mass is 35.5. The Morgan fingerprint density at radius 3 is 2.87 bits per heavy atom. The summed E-state index contributed by atoms with van der Waals surface area (Å²) >= 11 is 14.9. The van der Waals surface area contributed by atoms with E-state index < -0.39 is 6.10 Å². The van der Waals surface area contributed by atoms with Crippen molar-refractivity contribution < 1.29 is 9.53 Å². The molecule has 2 aromatic heterocycles. The second kappa shape index (κ2) is 10.9. The molecule has 0 aliphatic carbocycles. The van der Waals surface area contributed by atoms with Gasteiger partial charge < -0.3 is 4.74 Å². The lowest BCUT2D eigenvalue weighted by Gasteiger charge is -2.16. The Morgan fingerprint density at radius 2 is 2.16 bits per heavy atom. The summed E-state index contributed by atoms with van der Waals surface area (Å²) in [5, 5.41) is 22.0. The topological polar surface area (TPSA) is 94.8 Å². The number of ether oxygens (including phenoxy) is 1. The molecule has 3 rings (SSSR count). The standard InChI is InChI=1S/C19H20Cl2N6O2S2/c1-4-8-27-17(11(3)29-14-9-12(20)6-7-13(14)21)24-26-19(27)30-10-15(28)22-18-25-23-16(5-2)31-18/h4,6-7,9,11H,1,5,8,10H2,2-3H3,(H,22,25,28). The van der Waals surface area contributed by atoms with Gasteiger partial charge in [-0.3, -0.25) is 14.7 Å². The van der Waals surface area contributed by atoms with Crippen molar-refractivity contribution in [2.75, 3.05) is 11.1 Å². The summed E-state index contributed by atoms with van der Waals surface area (Å²) in [6.45, 7) is 8.07. The Bertz CT molecular complexity index is 1070. The van der Waals surface area contributed by atoms with Crippen LogP contribution in [0.2, 0.25) is 10.0 Å². The molecule has 1 unspecified atom stereocenters. The predicted octanol–water partition coefficient (Wildman–Crippen LogP) is 5.06. The number of halogens is 2. The molecule has 0 aliphatic heterocycles. The number of aryl methyl sites for hydroxylation is 1. The Morgan fingerprint density at radius 1 is 1.35 bits per heavy atom. The van der Waals surface area contributed by atoms with E-state index in [0.29, 0.717) is 38.5 Å². The molecule has 1 amide bonds. The number of nitrogens with one attached hydrogen (secondary N) is 1. The fraction of sp³-hybridized carbons (Fsp3) is 0.316. The maximum atomic E-state index is 12.3. The van der Waals surface area contributed by atoms with Crippen molar-refractivity contribution in [1.82, 2.24) is 25.0 Å². The van der Waals surface area contributed by atoms with Crippen molar-refractivity contribution in [1.29, 1.82) is 0 Å². The van der Waals surface area contributed by atoms with Crippen molar-refractivity contribution in [2.45, 2.75) is 38.1 Å². The first-order chi connectivity index (χ1) is 14.9. The Labute approximate surface area is 198 Å². The highest BCUT2D eigenvalue weighted by Gasteiger charge is 2.21. The van der Waals surface area contributed by atoms with Crippen LogP contribution in [0.25, 0.3) is 0 Å². The number of hydrogen-bond donors (Lipinski definition) is 1. The third kappa shape index (κ3) is 6.19. The Kier molecular flexibility index (Phi) is 8.30. The fourth-order valence-corrected chi connectivity index (χ4v) is 4.33. The van der Waals surface area contributed by atoms with Crippen LogP contribution in [-0.4, -0.2) is 36.6 Å². The molecule has 0 radical (unpaired) electrons. The molecular weight excluding hydrogens is 479 g/mol. The lowest BCUT2D eigenvalue weighted by Crippen LogP contribution is -2.15. The molecule has 1 atom stereocenters. The number of allylic oxidation sites excluding steroid dienone is 1. The second-order valence-corrected chi connectivity index (χ2v) is 9.11. The van der Waals surface area contributed by atoms with Crippen LogP contribution in [0.4, 0.5) is 5.13 Å². The number of carbonyl (C=O) groups excluding carboxylic acids is 1. The zero-order valence-electron chi connectivity index (χ0n) is 16.8. The molecular formula is C19H20Cl2N6O2S2. The van der Waals surface area contributed by atoms with Crippen molar-refractivity contribution >= 4 is 57.3 Å². The molecule has 0 saturated heterocycles. The van der Waals surface area contributed by atoms with Crippen molar-refractivity contribution in [3.8, 4) is 5.75 Å². The van der Waals surface area contributed by atoms with Gasteiger partial charge in [-0.1, -0.05) is 59.3 Å². The Hall–Kier alpha value is -2.14. The third-order valence-electron chi connectivity index (χ3n) is 3.97. The van der Waals surface area contributed by atoms with E-state index >= 15 is 0 Å². The van der Waals surface area contributed by atoms with E-state index in [-0.39, 0.29) is 11.7 Å². The number of rotatable bonds is 10. The van der Waals surface area contributed by atoms with E-state index in [1.165, 1.54) is 23.1 Å². The molecule has 0 spiro atoms. The van der Waals surface area contributed by atoms with E-state index in [0.717, 1.165) is 11.4 Å². The van der Waals surface area contributed by atoms with Gasteiger partial charge in [0.15, 0.2) is 17.1 Å². The molecule has 3 aromatic rings. The predicted molar refractivity (Wildman–Crippen MR) is 124 cm³/mol. The summed E-state index contributed by atoms with van der Waals surface area (Å²) in [6, 6.07) is 5.00. The van der Waals surface area contributed by atoms with Gasteiger partial charge in [0.05, 0.1) is 10.8 Å². The molecule has 31 heavy (non-hydrogen) atoms. The lowest BCUT2D eigenvalue weighted by atomic mass is 10.3. The van der Waals surface area contributed by atoms with Crippen LogP contribution < -0.4 is 10.1 Å². The van der Waals surface area contributed by atoms with Gasteiger partial charge in [0.2, 0.25) is 11.0 Å². The number of anilines is 1. The van der Waals surface area contributed by atoms with Crippen LogP contribution in [0.5, 0.6) is 5.75 Å². The molecule has 0 saturated carbocycles. The summed E-state index contributed by atoms with van der Waals surface area (Å²) in [5.74, 6) is 0.974. The summed E-state index contributed by atoms with van der Waals surface area (Å²) in [4.78, 5) is 12.3. The van der Waals surface area contributed by atoms with Crippen LogP contribution in [0.1, 0.15) is 30.8 Å². The molecule has 1 N–H and O–H groups in total. The minimum Gasteiger partial charge on any atom is -0.481 e. The molecule has 0 fully saturated rings. The average Bonchev–Trinajstić information content (AvgIpc) is 3.36. The van der Waals surface area contributed by atoms with Gasteiger partial charge in [-0.2, -0.15) is 0 Å². The number of benzene rings is 1. The van der Waals surface area contributed by atoms with Gasteiger partial charge in [-0.15, -0.1) is 27.0 Å². The maximum Gasteiger partial charge on any atom is 0.236 e. The molecule has 0 bridgehead atoms. The summed E-state index contributed by atoms with van der Waals surface area (Å²) in [6.07, 6.45) is 2.04. The van der Waals surface area contributed by atoms with E-state index in [1.54, 1.807) is 24.3 Å². The minimum atomic E-state index is -0.458. The molecule has 2 heterocycles. The largest absolute Gasteiger partial charge is 0.481 e. The normalized spacial score (nSPS) is 11.9. The van der Waals surface area contributed by atoms with Gasteiger partial charge in [-0.05, 0) is 25.5 Å². The van der Waals surface area contributed by atoms with Crippen LogP contribution in [0.15, 0.2) is 36.0 Å². The number of carbonyl (C=O) groups is 1. The molecule has 0 aliphatic rings. The van der Waals surface area contributed by atoms with Gasteiger partial charge in [-0.25, -0.2) is 0 Å². The number of hydrogen-bond acceptors (Lipinski definition) is 8. The monoisotopic (exact) mass is 498 g/mol. The van der Waals surface area contributed by atoms with E-state index in [9.17, 15) is 4.79 Å². The van der Waals surface area contributed by atoms with Crippen LogP contribution in [0.3, 0.4) is 0 Å². The van der Waals surface area contributed by atoms with Crippen LogP contribution >= 0.6 is 46.3 Å². The number of thioether (sulfide) groups is 1. The summed E-state index contributed by atoms with van der Waals surface area (Å²) in [7, 11) is 0. The minimum absolute atomic E-state index is 0.145. The molecule has 1 aromatic carbocycles. The first-order valence-corrected chi connectivity index (χ1v) is 11.9. The average molecular weight is 499 g/mol. The fourth-order valence-electron chi connectivity index (χ4n) is 2.55. The highest BCUT2D eigenvalue weighted by molar-refractivity contribution is 7.99. The molecule has 8 nitrogen and oxygen atoms in total. The van der Waals surface area contributed by atoms with Crippen LogP contribution in [-0.2, 0) is 17.8 Å². The number of aromatic nitrogens is 5.